The van der Waals surface area contributed by atoms with Crippen LogP contribution in [0.15, 0.2) is 22.8 Å². The number of furan rings is 1. The third-order valence-corrected chi connectivity index (χ3v) is 2.97. The van der Waals surface area contributed by atoms with Crippen molar-refractivity contribution in [2.45, 2.75) is 19.9 Å². The van der Waals surface area contributed by atoms with E-state index < -0.39 is 0 Å². The Morgan fingerprint density at radius 2 is 2.06 bits per heavy atom. The maximum atomic E-state index is 5.37. The summed E-state index contributed by atoms with van der Waals surface area (Å²) >= 11 is 0. The summed E-state index contributed by atoms with van der Waals surface area (Å²) in [5, 5.41) is 3.49. The van der Waals surface area contributed by atoms with Gasteiger partial charge in [0.25, 0.3) is 0 Å². The first-order valence-electron chi connectivity index (χ1n) is 6.82. The normalized spacial score (nSPS) is 11.6. The predicted octanol–water partition coefficient (Wildman–Crippen LogP) is 1.64. The molecule has 0 radical (unpaired) electrons. The summed E-state index contributed by atoms with van der Waals surface area (Å²) in [7, 11) is 4.23. The lowest BCUT2D eigenvalue weighted by atomic mass is 10.3. The van der Waals surface area contributed by atoms with Gasteiger partial charge >= 0.3 is 0 Å². The van der Waals surface area contributed by atoms with Gasteiger partial charge in [-0.15, -0.1) is 0 Å². The average molecular weight is 253 g/mol. The molecule has 1 aromatic heterocycles. The third-order valence-electron chi connectivity index (χ3n) is 2.97. The number of likely N-dealkylation sites (N-methyl/N-ethyl adjacent to an activating group) is 1. The molecule has 1 rings (SSSR count). The molecule has 0 aromatic carbocycles. The molecule has 0 saturated heterocycles. The van der Waals surface area contributed by atoms with Gasteiger partial charge < -0.3 is 14.6 Å². The van der Waals surface area contributed by atoms with Crippen LogP contribution in [0.2, 0.25) is 0 Å². The number of rotatable bonds is 10. The fraction of sp³-hybridized carbons (Fsp3) is 0.714. The first kappa shape index (κ1) is 15.2. The van der Waals surface area contributed by atoms with Crippen LogP contribution in [0.1, 0.15) is 19.1 Å². The van der Waals surface area contributed by atoms with Crippen LogP contribution in [-0.4, -0.2) is 56.6 Å². The van der Waals surface area contributed by atoms with Gasteiger partial charge in [0.15, 0.2) is 0 Å². The largest absolute Gasteiger partial charge is 0.468 e. The summed E-state index contributed by atoms with van der Waals surface area (Å²) < 4.78 is 5.37. The van der Waals surface area contributed by atoms with Crippen LogP contribution in [-0.2, 0) is 6.54 Å². The van der Waals surface area contributed by atoms with E-state index in [0.29, 0.717) is 0 Å². The molecule has 0 fully saturated rings. The van der Waals surface area contributed by atoms with Crippen LogP contribution in [0, 0.1) is 0 Å². The second-order valence-electron chi connectivity index (χ2n) is 4.85. The zero-order valence-electron chi connectivity index (χ0n) is 12.0. The van der Waals surface area contributed by atoms with Gasteiger partial charge in [-0.05, 0) is 52.3 Å². The summed E-state index contributed by atoms with van der Waals surface area (Å²) in [5.41, 5.74) is 0. The van der Waals surface area contributed by atoms with Crippen molar-refractivity contribution in [3.05, 3.63) is 24.2 Å². The van der Waals surface area contributed by atoms with Crippen molar-refractivity contribution in [3.63, 3.8) is 0 Å². The predicted molar refractivity (Wildman–Crippen MR) is 75.7 cm³/mol. The van der Waals surface area contributed by atoms with Crippen LogP contribution in [0.5, 0.6) is 0 Å². The molecule has 0 spiro atoms. The molecule has 4 nitrogen and oxygen atoms in total. The van der Waals surface area contributed by atoms with Gasteiger partial charge in [-0.3, -0.25) is 4.90 Å². The average Bonchev–Trinajstić information content (AvgIpc) is 2.84. The van der Waals surface area contributed by atoms with E-state index in [1.54, 1.807) is 6.26 Å². The second kappa shape index (κ2) is 9.14. The number of nitrogens with one attached hydrogen (secondary N) is 1. The van der Waals surface area contributed by atoms with Crippen molar-refractivity contribution in [2.24, 2.45) is 0 Å². The smallest absolute Gasteiger partial charge is 0.117 e. The summed E-state index contributed by atoms with van der Waals surface area (Å²) in [6.45, 7) is 8.51. The lowest BCUT2D eigenvalue weighted by molar-refractivity contribution is 0.255. The molecule has 0 saturated carbocycles. The second-order valence-corrected chi connectivity index (χ2v) is 4.85. The molecule has 18 heavy (non-hydrogen) atoms. The van der Waals surface area contributed by atoms with E-state index in [9.17, 15) is 0 Å². The van der Waals surface area contributed by atoms with E-state index in [0.717, 1.165) is 45.0 Å². The van der Waals surface area contributed by atoms with Gasteiger partial charge in [0.2, 0.25) is 0 Å². The lowest BCUT2D eigenvalue weighted by Gasteiger charge is -2.19. The van der Waals surface area contributed by atoms with Gasteiger partial charge in [-0.1, -0.05) is 6.92 Å². The molecular formula is C14H27N3O. The van der Waals surface area contributed by atoms with Crippen LogP contribution < -0.4 is 5.32 Å². The van der Waals surface area contributed by atoms with E-state index in [1.165, 1.54) is 6.42 Å². The summed E-state index contributed by atoms with van der Waals surface area (Å²) in [5.74, 6) is 1.05. The molecule has 1 aromatic rings. The van der Waals surface area contributed by atoms with Gasteiger partial charge in [-0.2, -0.15) is 0 Å². The highest BCUT2D eigenvalue weighted by molar-refractivity contribution is 4.97. The molecule has 0 unspecified atom stereocenters. The molecular weight excluding hydrogens is 226 g/mol. The van der Waals surface area contributed by atoms with Crippen molar-refractivity contribution >= 4 is 0 Å². The van der Waals surface area contributed by atoms with Crippen molar-refractivity contribution in [1.29, 1.82) is 0 Å². The third kappa shape index (κ3) is 6.79. The fourth-order valence-corrected chi connectivity index (χ4v) is 1.85. The highest BCUT2D eigenvalue weighted by Crippen LogP contribution is 2.04. The van der Waals surface area contributed by atoms with Gasteiger partial charge in [0.05, 0.1) is 12.8 Å². The Bertz CT molecular complexity index is 285. The molecule has 0 bridgehead atoms. The standard InChI is InChI=1S/C14H27N3O/c1-4-17(13-14-7-5-12-18-14)11-9-15-8-6-10-16(2)3/h5,7,12,15H,4,6,8-11,13H2,1-3H3. The molecule has 0 amide bonds. The summed E-state index contributed by atoms with van der Waals surface area (Å²) in [6.07, 6.45) is 2.94. The van der Waals surface area contributed by atoms with Crippen molar-refractivity contribution in [3.8, 4) is 0 Å². The van der Waals surface area contributed by atoms with Crippen molar-refractivity contribution < 1.29 is 4.42 Å². The van der Waals surface area contributed by atoms with Gasteiger partial charge in [0.1, 0.15) is 5.76 Å². The lowest BCUT2D eigenvalue weighted by Crippen LogP contribution is -2.32. The molecule has 0 aliphatic rings. The maximum absolute atomic E-state index is 5.37. The summed E-state index contributed by atoms with van der Waals surface area (Å²) in [6, 6.07) is 3.98. The Labute approximate surface area is 111 Å². The highest BCUT2D eigenvalue weighted by Gasteiger charge is 2.04. The molecule has 0 atom stereocenters. The molecule has 1 heterocycles. The van der Waals surface area contributed by atoms with Crippen LogP contribution in [0.4, 0.5) is 0 Å². The molecule has 104 valence electrons. The van der Waals surface area contributed by atoms with Crippen LogP contribution in [0.3, 0.4) is 0 Å². The fourth-order valence-electron chi connectivity index (χ4n) is 1.85. The molecule has 0 aliphatic heterocycles. The van der Waals surface area contributed by atoms with Crippen LogP contribution >= 0.6 is 0 Å². The molecule has 4 heteroatoms. The van der Waals surface area contributed by atoms with E-state index in [4.69, 9.17) is 4.42 Å². The highest BCUT2D eigenvalue weighted by atomic mass is 16.3. The molecule has 0 aliphatic carbocycles. The Kier molecular flexibility index (Phi) is 7.73. The SMILES string of the molecule is CCN(CCNCCCN(C)C)Cc1ccco1. The first-order chi connectivity index (χ1) is 8.72. The van der Waals surface area contributed by atoms with Gasteiger partial charge in [-0.25, -0.2) is 0 Å². The van der Waals surface area contributed by atoms with E-state index >= 15 is 0 Å². The Balaban J connectivity index is 2.05. The van der Waals surface area contributed by atoms with Crippen molar-refractivity contribution in [1.82, 2.24) is 15.1 Å². The monoisotopic (exact) mass is 253 g/mol. The minimum Gasteiger partial charge on any atom is -0.468 e. The van der Waals surface area contributed by atoms with Crippen molar-refractivity contribution in [2.75, 3.05) is 46.8 Å². The zero-order chi connectivity index (χ0) is 13.2. The van der Waals surface area contributed by atoms with Crippen LogP contribution in [0.25, 0.3) is 0 Å². The summed E-state index contributed by atoms with van der Waals surface area (Å²) in [4.78, 5) is 4.61. The number of nitrogens with zero attached hydrogens (tertiary/aromatic N) is 2. The maximum Gasteiger partial charge on any atom is 0.117 e. The minimum absolute atomic E-state index is 0.906. The Hall–Kier alpha value is -0.840. The Morgan fingerprint density at radius 1 is 1.22 bits per heavy atom. The van der Waals surface area contributed by atoms with E-state index in [2.05, 4.69) is 36.1 Å². The number of hydrogen-bond donors (Lipinski definition) is 1. The minimum atomic E-state index is 0.906. The van der Waals surface area contributed by atoms with E-state index in [-0.39, 0.29) is 0 Å². The first-order valence-corrected chi connectivity index (χ1v) is 6.82. The topological polar surface area (TPSA) is 31.6 Å². The van der Waals surface area contributed by atoms with Gasteiger partial charge in [0, 0.05) is 13.1 Å². The molecule has 1 N–H and O–H groups in total. The number of hydrogen-bond acceptors (Lipinski definition) is 4. The Morgan fingerprint density at radius 3 is 2.67 bits per heavy atom. The zero-order valence-corrected chi connectivity index (χ0v) is 12.0. The quantitative estimate of drug-likeness (QED) is 0.642. The van der Waals surface area contributed by atoms with E-state index in [1.807, 2.05) is 12.1 Å².